The first-order valence-corrected chi connectivity index (χ1v) is 10.5. The number of rotatable bonds is 7. The van der Waals surface area contributed by atoms with Gasteiger partial charge in [0, 0.05) is 12.0 Å². The van der Waals surface area contributed by atoms with Gasteiger partial charge in [-0.1, -0.05) is 51.1 Å². The summed E-state index contributed by atoms with van der Waals surface area (Å²) < 4.78 is 3.88. The fourth-order valence-electron chi connectivity index (χ4n) is 3.17. The van der Waals surface area contributed by atoms with Gasteiger partial charge in [-0.3, -0.25) is 29.8 Å². The first kappa shape index (κ1) is 23.0. The van der Waals surface area contributed by atoms with E-state index in [4.69, 9.17) is 0 Å². The van der Waals surface area contributed by atoms with E-state index >= 15 is 0 Å². The molecule has 10 nitrogen and oxygen atoms in total. The van der Waals surface area contributed by atoms with Crippen LogP contribution in [0, 0.1) is 5.41 Å². The Kier molecular flexibility index (Phi) is 6.61. The lowest BCUT2D eigenvalue weighted by molar-refractivity contribution is -0.134. The Balaban J connectivity index is 1.98. The number of hydrogen-bond acceptors (Lipinski definition) is 5. The fraction of sp³-hybridized carbons (Fsp3) is 0.409. The van der Waals surface area contributed by atoms with Crippen LogP contribution < -0.4 is 22.1 Å². The molecule has 2 amide bonds. The molecule has 2 N–H and O–H groups in total. The van der Waals surface area contributed by atoms with E-state index in [0.29, 0.717) is 13.0 Å². The topological polar surface area (TPSA) is 120 Å². The zero-order chi connectivity index (χ0) is 23.5. The Morgan fingerprint density at radius 3 is 2.34 bits per heavy atom. The summed E-state index contributed by atoms with van der Waals surface area (Å²) in [6.07, 6.45) is 2.08. The van der Waals surface area contributed by atoms with Gasteiger partial charge in [-0.25, -0.2) is 14.3 Å². The lowest BCUT2D eigenvalue weighted by Crippen LogP contribution is -2.50. The molecule has 0 spiro atoms. The number of carbonyl (C=O) groups is 2. The number of aromatic nitrogens is 4. The highest BCUT2D eigenvalue weighted by molar-refractivity contribution is 5.85. The van der Waals surface area contributed by atoms with Crippen molar-refractivity contribution in [2.75, 3.05) is 0 Å². The number of hydrazine groups is 1. The summed E-state index contributed by atoms with van der Waals surface area (Å²) in [6.45, 7) is 7.35. The Morgan fingerprint density at radius 1 is 1.03 bits per heavy atom. The number of amides is 2. The van der Waals surface area contributed by atoms with Crippen LogP contribution in [0.25, 0.3) is 11.2 Å². The van der Waals surface area contributed by atoms with Crippen LogP contribution in [0.2, 0.25) is 0 Å². The minimum atomic E-state index is -0.683. The van der Waals surface area contributed by atoms with Crippen molar-refractivity contribution in [3.05, 3.63) is 63.1 Å². The summed E-state index contributed by atoms with van der Waals surface area (Å²) in [6, 6.07) is 9.30. The Morgan fingerprint density at radius 2 is 1.72 bits per heavy atom. The van der Waals surface area contributed by atoms with Crippen LogP contribution in [0.15, 0.2) is 46.2 Å². The molecule has 0 bridgehead atoms. The van der Waals surface area contributed by atoms with Crippen molar-refractivity contribution in [3.8, 4) is 0 Å². The van der Waals surface area contributed by atoms with E-state index in [-0.39, 0.29) is 23.6 Å². The third-order valence-corrected chi connectivity index (χ3v) is 5.62. The van der Waals surface area contributed by atoms with Crippen LogP contribution >= 0.6 is 0 Å². The number of hydrogen-bond donors (Lipinski definition) is 2. The predicted octanol–water partition coefficient (Wildman–Crippen LogP) is 1.01. The van der Waals surface area contributed by atoms with Gasteiger partial charge in [0.05, 0.1) is 12.9 Å². The number of benzene rings is 1. The number of fused-ring (bicyclic) bond motifs is 1. The normalized spacial score (nSPS) is 11.5. The average Bonchev–Trinajstić information content (AvgIpc) is 3.22. The molecule has 0 atom stereocenters. The van der Waals surface area contributed by atoms with Crippen molar-refractivity contribution in [2.45, 2.75) is 53.8 Å². The van der Waals surface area contributed by atoms with Crippen LogP contribution in [0.1, 0.15) is 39.7 Å². The number of imidazole rings is 1. The van der Waals surface area contributed by atoms with E-state index in [2.05, 4.69) is 15.8 Å². The van der Waals surface area contributed by atoms with Crippen molar-refractivity contribution in [3.63, 3.8) is 0 Å². The molecule has 170 valence electrons. The molecule has 2 heterocycles. The number of carbonyl (C=O) groups excluding carboxylic acids is 2. The largest absolute Gasteiger partial charge is 0.333 e. The molecule has 0 radical (unpaired) electrons. The quantitative estimate of drug-likeness (QED) is 0.532. The molecule has 0 saturated carbocycles. The average molecular weight is 441 g/mol. The molecule has 10 heteroatoms. The zero-order valence-electron chi connectivity index (χ0n) is 18.7. The van der Waals surface area contributed by atoms with Gasteiger partial charge >= 0.3 is 5.69 Å². The summed E-state index contributed by atoms with van der Waals surface area (Å²) in [7, 11) is 0. The third kappa shape index (κ3) is 4.48. The van der Waals surface area contributed by atoms with E-state index in [1.54, 1.807) is 18.4 Å². The van der Waals surface area contributed by atoms with Gasteiger partial charge in [0.25, 0.3) is 11.5 Å². The summed E-state index contributed by atoms with van der Waals surface area (Å²) >= 11 is 0. The molecule has 0 aliphatic heterocycles. The van der Waals surface area contributed by atoms with Gasteiger partial charge < -0.3 is 4.57 Å². The molecule has 0 saturated heterocycles. The van der Waals surface area contributed by atoms with Gasteiger partial charge in [0.15, 0.2) is 11.2 Å². The molecule has 1 aromatic carbocycles. The highest BCUT2D eigenvalue weighted by Crippen LogP contribution is 2.18. The van der Waals surface area contributed by atoms with Crippen LogP contribution in [0.5, 0.6) is 0 Å². The van der Waals surface area contributed by atoms with Gasteiger partial charge in [-0.05, 0) is 18.9 Å². The van der Waals surface area contributed by atoms with Crippen molar-refractivity contribution in [2.24, 2.45) is 5.41 Å². The summed E-state index contributed by atoms with van der Waals surface area (Å²) in [5.41, 5.74) is 4.09. The van der Waals surface area contributed by atoms with Gasteiger partial charge in [-0.15, -0.1) is 0 Å². The SMILES string of the molecule is CCn1cnc2c1c(=O)n(CC(=O)NNC(=O)C(C)(C)CC)c(=O)n2Cc1ccccc1. The molecule has 0 aliphatic carbocycles. The molecule has 32 heavy (non-hydrogen) atoms. The van der Waals surface area contributed by atoms with Crippen LogP contribution in [-0.2, 0) is 29.2 Å². The minimum absolute atomic E-state index is 0.195. The highest BCUT2D eigenvalue weighted by Gasteiger charge is 2.26. The van der Waals surface area contributed by atoms with Crippen molar-refractivity contribution in [1.82, 2.24) is 29.5 Å². The Bertz CT molecular complexity index is 1250. The summed E-state index contributed by atoms with van der Waals surface area (Å²) in [5, 5.41) is 0. The number of nitrogens with zero attached hydrogens (tertiary/aromatic N) is 4. The van der Waals surface area contributed by atoms with Gasteiger partial charge in [-0.2, -0.15) is 0 Å². The summed E-state index contributed by atoms with van der Waals surface area (Å²) in [5.74, 6) is -1.04. The van der Waals surface area contributed by atoms with E-state index < -0.39 is 29.1 Å². The minimum Gasteiger partial charge on any atom is -0.325 e. The highest BCUT2D eigenvalue weighted by atomic mass is 16.2. The fourth-order valence-corrected chi connectivity index (χ4v) is 3.17. The Labute approximate surface area is 184 Å². The second kappa shape index (κ2) is 9.21. The van der Waals surface area contributed by atoms with Gasteiger partial charge in [0.1, 0.15) is 6.54 Å². The second-order valence-corrected chi connectivity index (χ2v) is 8.19. The predicted molar refractivity (Wildman–Crippen MR) is 120 cm³/mol. The van der Waals surface area contributed by atoms with Crippen molar-refractivity contribution in [1.29, 1.82) is 0 Å². The van der Waals surface area contributed by atoms with Crippen LogP contribution in [0.3, 0.4) is 0 Å². The third-order valence-electron chi connectivity index (χ3n) is 5.62. The molecular weight excluding hydrogens is 412 g/mol. The van der Waals surface area contributed by atoms with E-state index in [1.807, 2.05) is 44.2 Å². The zero-order valence-corrected chi connectivity index (χ0v) is 18.7. The smallest absolute Gasteiger partial charge is 0.325 e. The van der Waals surface area contributed by atoms with Gasteiger partial charge in [0.2, 0.25) is 5.91 Å². The number of aryl methyl sites for hydroxylation is 1. The molecule has 3 aromatic rings. The van der Waals surface area contributed by atoms with E-state index in [0.717, 1.165) is 10.1 Å². The number of nitrogens with one attached hydrogen (secondary N) is 2. The molecule has 3 rings (SSSR count). The summed E-state index contributed by atoms with van der Waals surface area (Å²) in [4.78, 5) is 55.2. The first-order valence-electron chi connectivity index (χ1n) is 10.5. The maximum absolute atomic E-state index is 13.2. The molecule has 2 aromatic heterocycles. The van der Waals surface area contributed by atoms with Crippen LogP contribution in [0.4, 0.5) is 0 Å². The van der Waals surface area contributed by atoms with Crippen molar-refractivity contribution >= 4 is 23.0 Å². The van der Waals surface area contributed by atoms with E-state index in [9.17, 15) is 19.2 Å². The second-order valence-electron chi connectivity index (χ2n) is 8.19. The van der Waals surface area contributed by atoms with Crippen LogP contribution in [-0.4, -0.2) is 30.5 Å². The molecule has 0 fully saturated rings. The van der Waals surface area contributed by atoms with E-state index in [1.165, 1.54) is 10.9 Å². The molecule has 0 unspecified atom stereocenters. The molecule has 0 aliphatic rings. The first-order chi connectivity index (χ1) is 15.2. The monoisotopic (exact) mass is 440 g/mol. The Hall–Kier alpha value is -3.69. The maximum atomic E-state index is 13.2. The maximum Gasteiger partial charge on any atom is 0.333 e. The lowest BCUT2D eigenvalue weighted by Gasteiger charge is -2.21. The lowest BCUT2D eigenvalue weighted by atomic mass is 9.90. The molecular formula is C22H28N6O4. The van der Waals surface area contributed by atoms with Crippen molar-refractivity contribution < 1.29 is 9.59 Å². The standard InChI is InChI=1S/C22H28N6O4/c1-5-22(3,4)20(31)25-24-16(29)13-28-19(30)17-18(23-14-26(17)6-2)27(21(28)32)12-15-10-8-7-9-11-15/h7-11,14H,5-6,12-13H2,1-4H3,(H,24,29)(H,25,31).